The first-order chi connectivity index (χ1) is 16.4. The quantitative estimate of drug-likeness (QED) is 0.355. The lowest BCUT2D eigenvalue weighted by atomic mass is 9.95. The van der Waals surface area contributed by atoms with E-state index in [0.29, 0.717) is 5.56 Å². The van der Waals surface area contributed by atoms with Crippen molar-refractivity contribution in [2.75, 3.05) is 13.4 Å². The number of sulfonamides is 1. The molecule has 0 spiro atoms. The Bertz CT molecular complexity index is 1650. The fraction of sp³-hybridized carbons (Fsp3) is 0.182. The smallest absolute Gasteiger partial charge is 0.420 e. The Balaban J connectivity index is 1.91. The lowest BCUT2D eigenvalue weighted by molar-refractivity contribution is -0.138. The minimum atomic E-state index is -4.79. The summed E-state index contributed by atoms with van der Waals surface area (Å²) >= 11 is 1.31. The van der Waals surface area contributed by atoms with Crippen molar-refractivity contribution in [3.8, 4) is 28.0 Å². The molecule has 0 aliphatic heterocycles. The first kappa shape index (κ1) is 24.7. The largest absolute Gasteiger partial charge is 0.495 e. The number of methoxy groups -OCH3 is 1. The molecular formula is C22H18F3N3O5S2. The maximum absolute atomic E-state index is 14.0. The average molecular weight is 526 g/mol. The highest BCUT2D eigenvalue weighted by atomic mass is 32.2. The predicted molar refractivity (Wildman–Crippen MR) is 127 cm³/mol. The second-order valence-corrected chi connectivity index (χ2v) is 10.4. The Hall–Kier alpha value is -3.42. The standard InChI is InChI=1S/C22H18F3N3O5S2/c1-33-19-15(11-3-4-14-13(8-27-35(2,31)32)10-34-18(14)7-11)5-12(6-17(19)22(23,24)25)16-9-26-21(30)28-20(16)29/h3-7,9-10,27H,8H2,1-2H3,(H2,26,28,29,30). The van der Waals surface area contributed by atoms with E-state index in [9.17, 15) is 31.2 Å². The van der Waals surface area contributed by atoms with Crippen molar-refractivity contribution in [2.24, 2.45) is 0 Å². The van der Waals surface area contributed by atoms with Crippen molar-refractivity contribution >= 4 is 31.4 Å². The number of fused-ring (bicyclic) bond motifs is 1. The molecule has 0 saturated carbocycles. The second kappa shape index (κ2) is 8.98. The summed E-state index contributed by atoms with van der Waals surface area (Å²) in [5, 5.41) is 2.51. The van der Waals surface area contributed by atoms with Crippen molar-refractivity contribution in [3.05, 3.63) is 73.9 Å². The van der Waals surface area contributed by atoms with Crippen LogP contribution in [0.25, 0.3) is 32.3 Å². The SMILES string of the molecule is COc1c(-c2ccc3c(CNS(C)(=O)=O)csc3c2)cc(-c2c[nH]c(=O)[nH]c2=O)cc1C(F)(F)F. The van der Waals surface area contributed by atoms with Crippen LogP contribution in [0.1, 0.15) is 11.1 Å². The zero-order valence-electron chi connectivity index (χ0n) is 18.2. The first-order valence-corrected chi connectivity index (χ1v) is 12.7. The van der Waals surface area contributed by atoms with Gasteiger partial charge in [-0.1, -0.05) is 12.1 Å². The third-order valence-corrected chi connectivity index (χ3v) is 6.88. The second-order valence-electron chi connectivity index (χ2n) is 7.65. The van der Waals surface area contributed by atoms with E-state index in [1.165, 1.54) is 17.4 Å². The van der Waals surface area contributed by atoms with Crippen molar-refractivity contribution < 1.29 is 26.3 Å². The van der Waals surface area contributed by atoms with Gasteiger partial charge in [0.25, 0.3) is 5.56 Å². The van der Waals surface area contributed by atoms with Crippen molar-refractivity contribution in [1.29, 1.82) is 0 Å². The van der Waals surface area contributed by atoms with Crippen LogP contribution in [0.5, 0.6) is 5.75 Å². The van der Waals surface area contributed by atoms with Gasteiger partial charge in [0, 0.05) is 23.0 Å². The third kappa shape index (κ3) is 5.16. The maximum Gasteiger partial charge on any atom is 0.420 e. The summed E-state index contributed by atoms with van der Waals surface area (Å²) in [6.07, 6.45) is -2.69. The molecule has 0 aliphatic rings. The summed E-state index contributed by atoms with van der Waals surface area (Å²) in [6.45, 7) is 0.0736. The summed E-state index contributed by atoms with van der Waals surface area (Å²) in [5.74, 6) is -0.419. The van der Waals surface area contributed by atoms with Gasteiger partial charge in [-0.15, -0.1) is 11.3 Å². The Labute approximate surface area is 200 Å². The summed E-state index contributed by atoms with van der Waals surface area (Å²) in [4.78, 5) is 27.9. The highest BCUT2D eigenvalue weighted by Gasteiger charge is 2.36. The minimum Gasteiger partial charge on any atom is -0.495 e. The van der Waals surface area contributed by atoms with Crippen LogP contribution in [-0.4, -0.2) is 31.8 Å². The third-order valence-electron chi connectivity index (χ3n) is 5.22. The topological polar surface area (TPSA) is 121 Å². The number of aromatic amines is 2. The van der Waals surface area contributed by atoms with E-state index < -0.39 is 38.8 Å². The van der Waals surface area contributed by atoms with Gasteiger partial charge in [0.2, 0.25) is 10.0 Å². The van der Waals surface area contributed by atoms with Gasteiger partial charge in [-0.05, 0) is 45.7 Å². The summed E-state index contributed by atoms with van der Waals surface area (Å²) in [6, 6.07) is 7.13. The van der Waals surface area contributed by atoms with Gasteiger partial charge in [-0.3, -0.25) is 9.78 Å². The number of alkyl halides is 3. The monoisotopic (exact) mass is 525 g/mol. The number of H-pyrrole nitrogens is 2. The molecule has 4 aromatic rings. The molecule has 13 heteroatoms. The number of rotatable bonds is 6. The number of nitrogens with one attached hydrogen (secondary N) is 3. The summed E-state index contributed by atoms with van der Waals surface area (Å²) < 4.78 is 73.0. The molecule has 0 bridgehead atoms. The van der Waals surface area contributed by atoms with Crippen LogP contribution in [0.15, 0.2) is 51.5 Å². The fourth-order valence-corrected chi connectivity index (χ4v) is 5.07. The number of benzene rings is 2. The lowest BCUT2D eigenvalue weighted by Gasteiger charge is -2.18. The van der Waals surface area contributed by atoms with E-state index in [1.807, 2.05) is 4.98 Å². The van der Waals surface area contributed by atoms with Gasteiger partial charge in [-0.2, -0.15) is 13.2 Å². The van der Waals surface area contributed by atoms with Crippen molar-refractivity contribution in [2.45, 2.75) is 12.7 Å². The maximum atomic E-state index is 14.0. The number of hydrogen-bond acceptors (Lipinski definition) is 6. The highest BCUT2D eigenvalue weighted by Crippen LogP contribution is 2.45. The zero-order valence-corrected chi connectivity index (χ0v) is 19.9. The summed E-state index contributed by atoms with van der Waals surface area (Å²) in [5.41, 5.74) is -1.70. The van der Waals surface area contributed by atoms with Gasteiger partial charge in [0.05, 0.1) is 24.5 Å². The normalized spacial score (nSPS) is 12.3. The molecule has 0 unspecified atom stereocenters. The van der Waals surface area contributed by atoms with Crippen LogP contribution in [0, 0.1) is 0 Å². The summed E-state index contributed by atoms with van der Waals surface area (Å²) in [7, 11) is -2.28. The van der Waals surface area contributed by atoms with Crippen LogP contribution < -0.4 is 20.7 Å². The fourth-order valence-electron chi connectivity index (χ4n) is 3.65. The molecule has 0 fully saturated rings. The number of aromatic nitrogens is 2. The first-order valence-electron chi connectivity index (χ1n) is 9.94. The van der Waals surface area contributed by atoms with Gasteiger partial charge in [0.1, 0.15) is 5.75 Å². The molecule has 4 rings (SSSR count). The van der Waals surface area contributed by atoms with E-state index in [-0.39, 0.29) is 23.2 Å². The van der Waals surface area contributed by atoms with Gasteiger partial charge >= 0.3 is 11.9 Å². The Morgan fingerprint density at radius 3 is 2.46 bits per heavy atom. The molecule has 2 heterocycles. The molecule has 0 aliphatic carbocycles. The minimum absolute atomic E-state index is 0.0602. The van der Waals surface area contributed by atoms with Crippen LogP contribution >= 0.6 is 11.3 Å². The van der Waals surface area contributed by atoms with E-state index in [1.54, 1.807) is 23.6 Å². The van der Waals surface area contributed by atoms with E-state index in [4.69, 9.17) is 4.74 Å². The van der Waals surface area contributed by atoms with Crippen LogP contribution in [0.4, 0.5) is 13.2 Å². The van der Waals surface area contributed by atoms with E-state index >= 15 is 0 Å². The van der Waals surface area contributed by atoms with Crippen molar-refractivity contribution in [3.63, 3.8) is 0 Å². The van der Waals surface area contributed by atoms with Crippen LogP contribution in [0.2, 0.25) is 0 Å². The molecule has 3 N–H and O–H groups in total. The molecule has 2 aromatic carbocycles. The predicted octanol–water partition coefficient (Wildman–Crippen LogP) is 3.69. The van der Waals surface area contributed by atoms with E-state index in [0.717, 1.165) is 41.3 Å². The van der Waals surface area contributed by atoms with E-state index in [2.05, 4.69) is 9.71 Å². The molecule has 2 aromatic heterocycles. The molecule has 8 nitrogen and oxygen atoms in total. The van der Waals surface area contributed by atoms with Crippen LogP contribution in [-0.2, 0) is 22.7 Å². The molecule has 0 radical (unpaired) electrons. The lowest BCUT2D eigenvalue weighted by Crippen LogP contribution is -2.22. The molecule has 184 valence electrons. The molecule has 0 atom stereocenters. The molecule has 0 saturated heterocycles. The Kier molecular flexibility index (Phi) is 6.34. The van der Waals surface area contributed by atoms with Crippen LogP contribution in [0.3, 0.4) is 0 Å². The number of halogens is 3. The number of ether oxygens (including phenoxy) is 1. The van der Waals surface area contributed by atoms with Gasteiger partial charge in [-0.25, -0.2) is 17.9 Å². The molecule has 35 heavy (non-hydrogen) atoms. The number of thiophene rings is 1. The molecule has 0 amide bonds. The Morgan fingerprint density at radius 2 is 1.83 bits per heavy atom. The highest BCUT2D eigenvalue weighted by molar-refractivity contribution is 7.88. The Morgan fingerprint density at radius 1 is 1.09 bits per heavy atom. The molecular weight excluding hydrogens is 507 g/mol. The van der Waals surface area contributed by atoms with Crippen molar-refractivity contribution in [1.82, 2.24) is 14.7 Å². The van der Waals surface area contributed by atoms with Gasteiger partial charge < -0.3 is 9.72 Å². The number of hydrogen-bond donors (Lipinski definition) is 3. The van der Waals surface area contributed by atoms with Gasteiger partial charge in [0.15, 0.2) is 0 Å². The average Bonchev–Trinajstić information content (AvgIpc) is 3.18. The zero-order chi connectivity index (χ0) is 25.5.